The zero-order valence-corrected chi connectivity index (χ0v) is 15.8. The first-order valence-corrected chi connectivity index (χ1v) is 8.67. The van der Waals surface area contributed by atoms with E-state index in [1.165, 1.54) is 7.11 Å². The minimum absolute atomic E-state index is 0.0984. The zero-order valence-electron chi connectivity index (χ0n) is 15.8. The van der Waals surface area contributed by atoms with Gasteiger partial charge in [0.15, 0.2) is 11.5 Å². The smallest absolute Gasteiger partial charge is 0.306 e. The Hall–Kier alpha value is -2.69. The van der Waals surface area contributed by atoms with Crippen LogP contribution in [-0.2, 0) is 22.4 Å². The van der Waals surface area contributed by atoms with Gasteiger partial charge >= 0.3 is 5.97 Å². The van der Waals surface area contributed by atoms with Crippen LogP contribution in [0.15, 0.2) is 30.3 Å². The van der Waals surface area contributed by atoms with Crippen LogP contribution in [0.1, 0.15) is 35.6 Å². The first kappa shape index (κ1) is 19.6. The van der Waals surface area contributed by atoms with Gasteiger partial charge in [-0.1, -0.05) is 24.3 Å². The van der Waals surface area contributed by atoms with E-state index in [1.807, 2.05) is 31.2 Å². The summed E-state index contributed by atoms with van der Waals surface area (Å²) in [6.07, 6.45) is 1.55. The van der Waals surface area contributed by atoms with Gasteiger partial charge in [-0.2, -0.15) is 0 Å². The fourth-order valence-electron chi connectivity index (χ4n) is 2.94. The molecule has 1 N–H and O–H groups in total. The summed E-state index contributed by atoms with van der Waals surface area (Å²) in [4.78, 5) is 11.5. The van der Waals surface area contributed by atoms with Crippen molar-refractivity contribution in [1.29, 1.82) is 0 Å². The van der Waals surface area contributed by atoms with Crippen molar-refractivity contribution in [3.05, 3.63) is 52.6 Å². The van der Waals surface area contributed by atoms with E-state index in [4.69, 9.17) is 14.2 Å². The molecule has 0 radical (unpaired) electrons. The fourth-order valence-corrected chi connectivity index (χ4v) is 2.94. The third-order valence-electron chi connectivity index (χ3n) is 4.27. The molecule has 5 heteroatoms. The van der Waals surface area contributed by atoms with Crippen LogP contribution in [0.5, 0.6) is 17.2 Å². The molecule has 0 atom stereocenters. The molecule has 2 aromatic carbocycles. The maximum Gasteiger partial charge on any atom is 0.306 e. The predicted octanol–water partition coefficient (Wildman–Crippen LogP) is 3.80. The van der Waals surface area contributed by atoms with E-state index in [0.717, 1.165) is 22.3 Å². The largest absolute Gasteiger partial charge is 0.504 e. The van der Waals surface area contributed by atoms with Gasteiger partial charge in [0.1, 0.15) is 0 Å². The Morgan fingerprint density at radius 1 is 1.12 bits per heavy atom. The highest BCUT2D eigenvalue weighted by Gasteiger charge is 2.17. The van der Waals surface area contributed by atoms with Crippen molar-refractivity contribution in [2.45, 2.75) is 33.1 Å². The molecule has 140 valence electrons. The lowest BCUT2D eigenvalue weighted by Crippen LogP contribution is -2.05. The lowest BCUT2D eigenvalue weighted by molar-refractivity contribution is -0.143. The number of hydrogen-bond acceptors (Lipinski definition) is 5. The van der Waals surface area contributed by atoms with Crippen LogP contribution in [0.4, 0.5) is 0 Å². The first-order valence-electron chi connectivity index (χ1n) is 8.67. The van der Waals surface area contributed by atoms with Crippen molar-refractivity contribution in [1.82, 2.24) is 0 Å². The molecule has 0 amide bonds. The highest BCUT2D eigenvalue weighted by molar-refractivity contribution is 5.69. The molecule has 0 saturated carbocycles. The second-order valence-corrected chi connectivity index (χ2v) is 6.06. The Labute approximate surface area is 154 Å². The number of rotatable bonds is 8. The Bertz CT molecular complexity index is 767. The number of ether oxygens (including phenoxy) is 3. The molecule has 2 rings (SSSR count). The Kier molecular flexibility index (Phi) is 6.89. The van der Waals surface area contributed by atoms with Crippen molar-refractivity contribution < 1.29 is 24.1 Å². The molecular weight excluding hydrogens is 332 g/mol. The molecule has 5 nitrogen and oxygen atoms in total. The van der Waals surface area contributed by atoms with Crippen molar-refractivity contribution in [3.63, 3.8) is 0 Å². The molecule has 0 bridgehead atoms. The molecule has 0 aliphatic rings. The highest BCUT2D eigenvalue weighted by Crippen LogP contribution is 2.41. The molecular formula is C21H26O5. The number of benzene rings is 2. The highest BCUT2D eigenvalue weighted by atomic mass is 16.5. The van der Waals surface area contributed by atoms with Crippen molar-refractivity contribution in [2.24, 2.45) is 0 Å². The van der Waals surface area contributed by atoms with E-state index >= 15 is 0 Å². The minimum Gasteiger partial charge on any atom is -0.504 e. The first-order chi connectivity index (χ1) is 12.5. The summed E-state index contributed by atoms with van der Waals surface area (Å²) in [6.45, 7) is 4.13. The van der Waals surface area contributed by atoms with Gasteiger partial charge in [-0.25, -0.2) is 0 Å². The number of carbonyl (C=O) groups excluding carboxylic acids is 1. The normalized spacial score (nSPS) is 10.5. The summed E-state index contributed by atoms with van der Waals surface area (Å²) in [5, 5.41) is 10.6. The van der Waals surface area contributed by atoms with Gasteiger partial charge in [0.25, 0.3) is 0 Å². The number of phenols is 1. The van der Waals surface area contributed by atoms with Crippen LogP contribution >= 0.6 is 0 Å². The van der Waals surface area contributed by atoms with E-state index in [1.54, 1.807) is 14.0 Å². The molecule has 0 heterocycles. The number of hydrogen-bond donors (Lipinski definition) is 1. The standard InChI is InChI=1S/C21H26O5/c1-5-26-19(22)10-9-15-7-6-8-16(12-15)13-17-14(2)11-18(24-3)21(25-4)20(17)23/h6-8,11-12,23H,5,9-10,13H2,1-4H3. The van der Waals surface area contributed by atoms with Crippen LogP contribution < -0.4 is 9.47 Å². The van der Waals surface area contributed by atoms with E-state index < -0.39 is 0 Å². The second-order valence-electron chi connectivity index (χ2n) is 6.06. The topological polar surface area (TPSA) is 65.0 Å². The van der Waals surface area contributed by atoms with E-state index in [9.17, 15) is 9.90 Å². The molecule has 2 aromatic rings. The van der Waals surface area contributed by atoms with Crippen LogP contribution in [0.2, 0.25) is 0 Å². The van der Waals surface area contributed by atoms with Gasteiger partial charge in [0, 0.05) is 18.4 Å². The number of phenolic OH excluding ortho intramolecular Hbond substituents is 1. The summed E-state index contributed by atoms with van der Waals surface area (Å²) in [5.41, 5.74) is 3.84. The predicted molar refractivity (Wildman–Crippen MR) is 100 cm³/mol. The molecule has 0 unspecified atom stereocenters. The van der Waals surface area contributed by atoms with E-state index in [2.05, 4.69) is 6.07 Å². The van der Waals surface area contributed by atoms with E-state index in [0.29, 0.717) is 37.4 Å². The third-order valence-corrected chi connectivity index (χ3v) is 4.27. The molecule has 0 fully saturated rings. The average molecular weight is 358 g/mol. The lowest BCUT2D eigenvalue weighted by Gasteiger charge is -2.16. The quantitative estimate of drug-likeness (QED) is 0.727. The van der Waals surface area contributed by atoms with Gasteiger partial charge in [0.05, 0.1) is 20.8 Å². The van der Waals surface area contributed by atoms with Crippen molar-refractivity contribution in [2.75, 3.05) is 20.8 Å². The Morgan fingerprint density at radius 3 is 2.50 bits per heavy atom. The molecule has 0 spiro atoms. The van der Waals surface area contributed by atoms with Gasteiger partial charge < -0.3 is 19.3 Å². The number of methoxy groups -OCH3 is 2. The fraction of sp³-hybridized carbons (Fsp3) is 0.381. The second kappa shape index (κ2) is 9.13. The summed E-state index contributed by atoms with van der Waals surface area (Å²) >= 11 is 0. The summed E-state index contributed by atoms with van der Waals surface area (Å²) in [6, 6.07) is 9.86. The number of aryl methyl sites for hydroxylation is 2. The SMILES string of the molecule is CCOC(=O)CCc1cccc(Cc2c(C)cc(OC)c(OC)c2O)c1. The van der Waals surface area contributed by atoms with Crippen LogP contribution in [0.3, 0.4) is 0 Å². The molecule has 0 aliphatic heterocycles. The summed E-state index contributed by atoms with van der Waals surface area (Å²) < 4.78 is 15.5. The van der Waals surface area contributed by atoms with Crippen LogP contribution in [-0.4, -0.2) is 31.9 Å². The summed E-state index contributed by atoms with van der Waals surface area (Å²) in [5.74, 6) is 0.758. The van der Waals surface area contributed by atoms with Gasteiger partial charge in [0.2, 0.25) is 5.75 Å². The summed E-state index contributed by atoms with van der Waals surface area (Å²) in [7, 11) is 3.05. The minimum atomic E-state index is -0.189. The molecule has 0 aliphatic carbocycles. The molecule has 26 heavy (non-hydrogen) atoms. The average Bonchev–Trinajstić information content (AvgIpc) is 2.63. The number of carbonyl (C=O) groups is 1. The Morgan fingerprint density at radius 2 is 1.85 bits per heavy atom. The number of aromatic hydroxyl groups is 1. The maximum atomic E-state index is 11.5. The van der Waals surface area contributed by atoms with Crippen LogP contribution in [0.25, 0.3) is 0 Å². The zero-order chi connectivity index (χ0) is 19.1. The van der Waals surface area contributed by atoms with Gasteiger partial charge in [-0.05, 0) is 43.0 Å². The van der Waals surface area contributed by atoms with E-state index in [-0.39, 0.29) is 11.7 Å². The van der Waals surface area contributed by atoms with Gasteiger partial charge in [-0.3, -0.25) is 4.79 Å². The monoisotopic (exact) mass is 358 g/mol. The molecule has 0 saturated heterocycles. The van der Waals surface area contributed by atoms with Crippen LogP contribution in [0, 0.1) is 6.92 Å². The molecule has 0 aromatic heterocycles. The third kappa shape index (κ3) is 4.69. The van der Waals surface area contributed by atoms with Gasteiger partial charge in [-0.15, -0.1) is 0 Å². The lowest BCUT2D eigenvalue weighted by atomic mass is 9.96. The maximum absolute atomic E-state index is 11.5. The van der Waals surface area contributed by atoms with Crippen molar-refractivity contribution >= 4 is 5.97 Å². The number of esters is 1. The Balaban J connectivity index is 2.21. The van der Waals surface area contributed by atoms with Crippen molar-refractivity contribution in [3.8, 4) is 17.2 Å².